The van der Waals surface area contributed by atoms with Crippen molar-refractivity contribution in [2.75, 3.05) is 13.7 Å². The smallest absolute Gasteiger partial charge is 0.350 e. The zero-order chi connectivity index (χ0) is 21.5. The standard InChI is InChI=1S/C20H25N7O2S/c1-5-29-19(28)17-13(2)25-18(30-17)14(3)26-20(21-4)23-10-15-6-8-16(9-7-15)27-12-22-11-24-27/h6-9,11-12,14H,5,10H2,1-4H3,(H2,21,23,26). The van der Waals surface area contributed by atoms with E-state index in [9.17, 15) is 4.79 Å². The molecular weight excluding hydrogens is 402 g/mol. The number of carbonyl (C=O) groups excluding carboxylic acids is 1. The number of aliphatic imine (C=N–C) groups is 1. The van der Waals surface area contributed by atoms with Crippen LogP contribution in [0.25, 0.3) is 5.69 Å². The summed E-state index contributed by atoms with van der Waals surface area (Å²) in [6, 6.07) is 7.91. The number of hydrogen-bond acceptors (Lipinski definition) is 7. The molecule has 10 heteroatoms. The van der Waals surface area contributed by atoms with E-state index in [1.165, 1.54) is 17.7 Å². The molecule has 0 spiro atoms. The monoisotopic (exact) mass is 427 g/mol. The van der Waals surface area contributed by atoms with Gasteiger partial charge in [0.05, 0.1) is 24.0 Å². The Hall–Kier alpha value is -3.27. The first-order chi connectivity index (χ1) is 14.5. The summed E-state index contributed by atoms with van der Waals surface area (Å²) in [5, 5.41) is 11.5. The third-order valence-electron chi connectivity index (χ3n) is 4.30. The first kappa shape index (κ1) is 21.4. The lowest BCUT2D eigenvalue weighted by Gasteiger charge is -2.16. The number of ether oxygens (including phenoxy) is 1. The number of hydrogen-bond donors (Lipinski definition) is 2. The van der Waals surface area contributed by atoms with E-state index in [4.69, 9.17) is 4.74 Å². The fourth-order valence-electron chi connectivity index (χ4n) is 2.74. The van der Waals surface area contributed by atoms with Gasteiger partial charge in [-0.15, -0.1) is 11.3 Å². The fraction of sp³-hybridized carbons (Fsp3) is 0.350. The zero-order valence-electron chi connectivity index (χ0n) is 17.4. The van der Waals surface area contributed by atoms with Gasteiger partial charge in [0, 0.05) is 13.6 Å². The minimum atomic E-state index is -0.331. The fourth-order valence-corrected chi connectivity index (χ4v) is 3.71. The summed E-state index contributed by atoms with van der Waals surface area (Å²) in [7, 11) is 1.72. The Balaban J connectivity index is 1.58. The van der Waals surface area contributed by atoms with E-state index < -0.39 is 0 Å². The average Bonchev–Trinajstić information content (AvgIpc) is 3.41. The van der Waals surface area contributed by atoms with Gasteiger partial charge in [-0.1, -0.05) is 12.1 Å². The van der Waals surface area contributed by atoms with Crippen molar-refractivity contribution < 1.29 is 9.53 Å². The highest BCUT2D eigenvalue weighted by molar-refractivity contribution is 7.13. The maximum absolute atomic E-state index is 12.0. The Bertz CT molecular complexity index is 997. The summed E-state index contributed by atoms with van der Waals surface area (Å²) in [5.41, 5.74) is 2.73. The Morgan fingerprint density at radius 1 is 1.33 bits per heavy atom. The van der Waals surface area contributed by atoms with E-state index in [1.807, 2.05) is 38.1 Å². The molecule has 3 aromatic rings. The molecule has 0 fully saturated rings. The summed E-state index contributed by atoms with van der Waals surface area (Å²) in [6.45, 7) is 6.53. The van der Waals surface area contributed by atoms with Crippen molar-refractivity contribution in [1.82, 2.24) is 30.4 Å². The molecule has 2 N–H and O–H groups in total. The molecule has 2 heterocycles. The number of nitrogens with one attached hydrogen (secondary N) is 2. The van der Waals surface area contributed by atoms with Gasteiger partial charge in [-0.25, -0.2) is 19.4 Å². The van der Waals surface area contributed by atoms with Crippen LogP contribution in [0.5, 0.6) is 0 Å². The van der Waals surface area contributed by atoms with Gasteiger partial charge in [0.15, 0.2) is 5.96 Å². The third-order valence-corrected chi connectivity index (χ3v) is 5.62. The lowest BCUT2D eigenvalue weighted by molar-refractivity contribution is 0.0531. The first-order valence-corrected chi connectivity index (χ1v) is 10.4. The van der Waals surface area contributed by atoms with E-state index >= 15 is 0 Å². The molecule has 2 aromatic heterocycles. The molecule has 1 unspecified atom stereocenters. The van der Waals surface area contributed by atoms with E-state index in [0.29, 0.717) is 29.7 Å². The van der Waals surface area contributed by atoms with Gasteiger partial charge in [-0.3, -0.25) is 4.99 Å². The molecule has 1 aromatic carbocycles. The lowest BCUT2D eigenvalue weighted by atomic mass is 10.2. The number of nitrogens with zero attached hydrogens (tertiary/aromatic N) is 5. The van der Waals surface area contributed by atoms with Crippen molar-refractivity contribution in [2.45, 2.75) is 33.4 Å². The molecule has 0 aliphatic carbocycles. The Morgan fingerprint density at radius 2 is 2.10 bits per heavy atom. The maximum atomic E-state index is 12.0. The topological polar surface area (TPSA) is 106 Å². The molecule has 158 valence electrons. The molecule has 9 nitrogen and oxygen atoms in total. The highest BCUT2D eigenvalue weighted by atomic mass is 32.1. The van der Waals surface area contributed by atoms with E-state index in [-0.39, 0.29) is 12.0 Å². The van der Waals surface area contributed by atoms with Gasteiger partial charge in [-0.05, 0) is 38.5 Å². The van der Waals surface area contributed by atoms with Crippen molar-refractivity contribution in [3.8, 4) is 5.69 Å². The summed E-state index contributed by atoms with van der Waals surface area (Å²) < 4.78 is 6.80. The molecule has 0 aliphatic rings. The van der Waals surface area contributed by atoms with Crippen LogP contribution in [0.1, 0.15) is 45.8 Å². The number of carbonyl (C=O) groups is 1. The van der Waals surface area contributed by atoms with Crippen LogP contribution in [-0.4, -0.2) is 45.3 Å². The molecule has 1 atom stereocenters. The molecular formula is C20H25N7O2S. The second kappa shape index (κ2) is 9.97. The molecule has 30 heavy (non-hydrogen) atoms. The van der Waals surface area contributed by atoms with Crippen LogP contribution in [0.2, 0.25) is 0 Å². The SMILES string of the molecule is CCOC(=O)c1sc(C(C)NC(=NC)NCc2ccc(-n3cncn3)cc2)nc1C. The predicted molar refractivity (Wildman–Crippen MR) is 116 cm³/mol. The molecule has 0 saturated heterocycles. The van der Waals surface area contributed by atoms with Gasteiger partial charge in [0.1, 0.15) is 22.5 Å². The second-order valence-electron chi connectivity index (χ2n) is 6.49. The van der Waals surface area contributed by atoms with Gasteiger partial charge < -0.3 is 15.4 Å². The lowest BCUT2D eigenvalue weighted by Crippen LogP contribution is -2.38. The minimum absolute atomic E-state index is 0.113. The van der Waals surface area contributed by atoms with Gasteiger partial charge in [0.25, 0.3) is 0 Å². The Labute approximate surface area is 179 Å². The third kappa shape index (κ3) is 5.20. The molecule has 3 rings (SSSR count). The van der Waals surface area contributed by atoms with Crippen LogP contribution in [0, 0.1) is 6.92 Å². The molecule has 0 aliphatic heterocycles. The molecule has 0 amide bonds. The maximum Gasteiger partial charge on any atom is 0.350 e. The van der Waals surface area contributed by atoms with Crippen LogP contribution >= 0.6 is 11.3 Å². The highest BCUT2D eigenvalue weighted by Gasteiger charge is 2.20. The Kier molecular flexibility index (Phi) is 7.12. The first-order valence-electron chi connectivity index (χ1n) is 9.57. The van der Waals surface area contributed by atoms with Crippen molar-refractivity contribution in [1.29, 1.82) is 0 Å². The van der Waals surface area contributed by atoms with Crippen LogP contribution in [0.3, 0.4) is 0 Å². The summed E-state index contributed by atoms with van der Waals surface area (Å²) in [4.78, 5) is 25.3. The van der Waals surface area contributed by atoms with E-state index in [2.05, 4.69) is 30.7 Å². The number of rotatable bonds is 7. The van der Waals surface area contributed by atoms with Crippen LogP contribution in [-0.2, 0) is 11.3 Å². The van der Waals surface area contributed by atoms with Gasteiger partial charge in [0.2, 0.25) is 0 Å². The van der Waals surface area contributed by atoms with Crippen molar-refractivity contribution in [3.05, 3.63) is 58.1 Å². The normalized spacial score (nSPS) is 12.5. The summed E-state index contributed by atoms with van der Waals surface area (Å²) in [5.74, 6) is 0.316. The second-order valence-corrected chi connectivity index (χ2v) is 7.52. The number of guanidine groups is 1. The summed E-state index contributed by atoms with van der Waals surface area (Å²) >= 11 is 1.34. The van der Waals surface area contributed by atoms with Crippen molar-refractivity contribution in [3.63, 3.8) is 0 Å². The number of thiazole rings is 1. The van der Waals surface area contributed by atoms with Crippen LogP contribution in [0.4, 0.5) is 0 Å². The van der Waals surface area contributed by atoms with Gasteiger partial charge >= 0.3 is 5.97 Å². The molecule has 0 bridgehead atoms. The Morgan fingerprint density at radius 3 is 2.73 bits per heavy atom. The number of esters is 1. The molecule has 0 saturated carbocycles. The van der Waals surface area contributed by atoms with Crippen LogP contribution in [0.15, 0.2) is 41.9 Å². The molecule has 0 radical (unpaired) electrons. The van der Waals surface area contributed by atoms with Crippen molar-refractivity contribution >= 4 is 23.3 Å². The van der Waals surface area contributed by atoms with Crippen molar-refractivity contribution in [2.24, 2.45) is 4.99 Å². The minimum Gasteiger partial charge on any atom is -0.462 e. The number of aryl methyl sites for hydroxylation is 1. The average molecular weight is 428 g/mol. The number of benzene rings is 1. The van der Waals surface area contributed by atoms with E-state index in [1.54, 1.807) is 25.0 Å². The van der Waals surface area contributed by atoms with E-state index in [0.717, 1.165) is 16.3 Å². The zero-order valence-corrected chi connectivity index (χ0v) is 18.2. The van der Waals surface area contributed by atoms with Gasteiger partial charge in [-0.2, -0.15) is 5.10 Å². The van der Waals surface area contributed by atoms with Crippen LogP contribution < -0.4 is 10.6 Å². The quantitative estimate of drug-likeness (QED) is 0.339. The number of aromatic nitrogens is 4. The highest BCUT2D eigenvalue weighted by Crippen LogP contribution is 2.24. The largest absolute Gasteiger partial charge is 0.462 e. The predicted octanol–water partition coefficient (Wildman–Crippen LogP) is 2.64. The summed E-state index contributed by atoms with van der Waals surface area (Å²) in [6.07, 6.45) is 3.17.